The van der Waals surface area contributed by atoms with E-state index in [9.17, 15) is 9.90 Å². The third kappa shape index (κ3) is 3.44. The molecule has 2 rings (SSSR count). The first kappa shape index (κ1) is 14.2. The molecule has 0 aromatic heterocycles. The zero-order chi connectivity index (χ0) is 14.5. The van der Waals surface area contributed by atoms with E-state index in [4.69, 9.17) is 10.5 Å². The third-order valence-corrected chi connectivity index (χ3v) is 2.99. The molecule has 20 heavy (non-hydrogen) atoms. The fraction of sp³-hybridized carbons (Fsp3) is 0.188. The van der Waals surface area contributed by atoms with Crippen molar-refractivity contribution in [3.8, 4) is 5.75 Å². The van der Waals surface area contributed by atoms with Crippen LogP contribution in [0.15, 0.2) is 48.5 Å². The smallest absolute Gasteiger partial charge is 0.343 e. The van der Waals surface area contributed by atoms with Crippen molar-refractivity contribution in [2.24, 2.45) is 5.73 Å². The van der Waals surface area contributed by atoms with Gasteiger partial charge in [0.2, 0.25) is 0 Å². The lowest BCUT2D eigenvalue weighted by atomic mass is 10.1. The molecule has 4 heteroatoms. The standard InChI is InChI=1S/C16H17NO3/c1-11-2-4-13(5-3-11)16(19)20-14-8-6-12(7-9-14)15(18)10-17/h2-9,15,18H,10,17H2,1H3. The number of nitrogens with two attached hydrogens (primary N) is 1. The monoisotopic (exact) mass is 271 g/mol. The number of aryl methyl sites for hydroxylation is 1. The van der Waals surface area contributed by atoms with E-state index in [1.807, 2.05) is 19.1 Å². The van der Waals surface area contributed by atoms with Crippen molar-refractivity contribution in [1.29, 1.82) is 0 Å². The van der Waals surface area contributed by atoms with Gasteiger partial charge in [-0.15, -0.1) is 0 Å². The van der Waals surface area contributed by atoms with Crippen molar-refractivity contribution >= 4 is 5.97 Å². The van der Waals surface area contributed by atoms with Crippen molar-refractivity contribution in [3.05, 3.63) is 65.2 Å². The highest BCUT2D eigenvalue weighted by molar-refractivity contribution is 5.91. The van der Waals surface area contributed by atoms with Crippen molar-refractivity contribution in [2.75, 3.05) is 6.54 Å². The number of carbonyl (C=O) groups excluding carboxylic acids is 1. The average Bonchev–Trinajstić information content (AvgIpc) is 2.48. The fourth-order valence-corrected chi connectivity index (χ4v) is 1.75. The van der Waals surface area contributed by atoms with Crippen LogP contribution >= 0.6 is 0 Å². The minimum Gasteiger partial charge on any atom is -0.423 e. The molecule has 1 atom stereocenters. The highest BCUT2D eigenvalue weighted by Crippen LogP contribution is 2.18. The van der Waals surface area contributed by atoms with Crippen LogP contribution in [0.3, 0.4) is 0 Å². The van der Waals surface area contributed by atoms with Gasteiger partial charge in [0.15, 0.2) is 0 Å². The molecule has 4 nitrogen and oxygen atoms in total. The van der Waals surface area contributed by atoms with E-state index in [0.29, 0.717) is 16.9 Å². The van der Waals surface area contributed by atoms with Crippen molar-refractivity contribution < 1.29 is 14.6 Å². The van der Waals surface area contributed by atoms with Crippen LogP contribution in [-0.2, 0) is 0 Å². The summed E-state index contributed by atoms with van der Waals surface area (Å²) in [7, 11) is 0. The van der Waals surface area contributed by atoms with Gasteiger partial charge in [-0.1, -0.05) is 29.8 Å². The van der Waals surface area contributed by atoms with Gasteiger partial charge in [0.05, 0.1) is 11.7 Å². The molecule has 0 heterocycles. The molecule has 0 spiro atoms. The van der Waals surface area contributed by atoms with Gasteiger partial charge in [-0.05, 0) is 36.8 Å². The molecule has 0 saturated heterocycles. The van der Waals surface area contributed by atoms with Gasteiger partial charge in [-0.3, -0.25) is 0 Å². The molecule has 0 fully saturated rings. The molecule has 2 aromatic carbocycles. The fourth-order valence-electron chi connectivity index (χ4n) is 1.75. The summed E-state index contributed by atoms with van der Waals surface area (Å²) in [4.78, 5) is 11.9. The number of hydrogen-bond donors (Lipinski definition) is 2. The first-order chi connectivity index (χ1) is 9.60. The Bertz CT molecular complexity index is 576. The molecule has 1 unspecified atom stereocenters. The Hall–Kier alpha value is -2.17. The molecule has 2 aromatic rings. The molecule has 0 radical (unpaired) electrons. The van der Waals surface area contributed by atoms with Crippen LogP contribution in [0.2, 0.25) is 0 Å². The molecule has 0 bridgehead atoms. The normalized spacial score (nSPS) is 11.9. The predicted octanol–water partition coefficient (Wildman–Crippen LogP) is 2.21. The number of aliphatic hydroxyl groups excluding tert-OH is 1. The van der Waals surface area contributed by atoms with Crippen LogP contribution in [0.1, 0.15) is 27.6 Å². The number of aliphatic hydroxyl groups is 1. The van der Waals surface area contributed by atoms with Gasteiger partial charge in [0.25, 0.3) is 0 Å². The van der Waals surface area contributed by atoms with Crippen LogP contribution < -0.4 is 10.5 Å². The van der Waals surface area contributed by atoms with Gasteiger partial charge >= 0.3 is 5.97 Å². The highest BCUT2D eigenvalue weighted by Gasteiger charge is 2.09. The molecule has 0 saturated carbocycles. The van der Waals surface area contributed by atoms with E-state index >= 15 is 0 Å². The minimum atomic E-state index is -0.697. The van der Waals surface area contributed by atoms with E-state index in [-0.39, 0.29) is 6.54 Å². The Morgan fingerprint density at radius 3 is 2.30 bits per heavy atom. The maximum absolute atomic E-state index is 11.9. The maximum Gasteiger partial charge on any atom is 0.343 e. The molecule has 104 valence electrons. The van der Waals surface area contributed by atoms with E-state index in [0.717, 1.165) is 5.56 Å². The summed E-state index contributed by atoms with van der Waals surface area (Å²) in [6, 6.07) is 13.8. The number of rotatable bonds is 4. The van der Waals surface area contributed by atoms with Crippen LogP contribution in [-0.4, -0.2) is 17.6 Å². The summed E-state index contributed by atoms with van der Waals surface area (Å²) in [5.74, 6) is 0.0284. The maximum atomic E-state index is 11.9. The predicted molar refractivity (Wildman–Crippen MR) is 76.6 cm³/mol. The first-order valence-electron chi connectivity index (χ1n) is 6.37. The number of hydrogen-bond acceptors (Lipinski definition) is 4. The Labute approximate surface area is 117 Å². The summed E-state index contributed by atoms with van der Waals surface area (Å²) in [5, 5.41) is 9.57. The van der Waals surface area contributed by atoms with Crippen molar-refractivity contribution in [3.63, 3.8) is 0 Å². The Balaban J connectivity index is 2.06. The number of esters is 1. The van der Waals surface area contributed by atoms with Gasteiger partial charge in [-0.2, -0.15) is 0 Å². The molecular formula is C16H17NO3. The third-order valence-electron chi connectivity index (χ3n) is 2.99. The lowest BCUT2D eigenvalue weighted by Crippen LogP contribution is -2.12. The molecule has 0 aliphatic heterocycles. The Morgan fingerprint density at radius 1 is 1.15 bits per heavy atom. The summed E-state index contributed by atoms with van der Waals surface area (Å²) >= 11 is 0. The van der Waals surface area contributed by atoms with E-state index < -0.39 is 12.1 Å². The molecule has 0 aliphatic rings. The summed E-state index contributed by atoms with van der Waals surface area (Å²) in [6.07, 6.45) is -0.697. The quantitative estimate of drug-likeness (QED) is 0.660. The van der Waals surface area contributed by atoms with Crippen LogP contribution in [0.4, 0.5) is 0 Å². The zero-order valence-electron chi connectivity index (χ0n) is 11.2. The lowest BCUT2D eigenvalue weighted by molar-refractivity contribution is 0.0734. The molecule has 0 aliphatic carbocycles. The summed E-state index contributed by atoms with van der Waals surface area (Å²) in [6.45, 7) is 2.11. The number of benzene rings is 2. The summed E-state index contributed by atoms with van der Waals surface area (Å²) < 4.78 is 5.26. The van der Waals surface area contributed by atoms with Crippen molar-refractivity contribution in [1.82, 2.24) is 0 Å². The highest BCUT2D eigenvalue weighted by atomic mass is 16.5. The van der Waals surface area contributed by atoms with E-state index in [2.05, 4.69) is 0 Å². The largest absolute Gasteiger partial charge is 0.423 e. The molecule has 0 amide bonds. The second-order valence-electron chi connectivity index (χ2n) is 4.58. The Kier molecular flexibility index (Phi) is 4.50. The second-order valence-corrected chi connectivity index (χ2v) is 4.58. The van der Waals surface area contributed by atoms with Gasteiger partial charge in [-0.25, -0.2) is 4.79 Å². The number of carbonyl (C=O) groups is 1. The molecule has 3 N–H and O–H groups in total. The van der Waals surface area contributed by atoms with Gasteiger partial charge < -0.3 is 15.6 Å². The lowest BCUT2D eigenvalue weighted by Gasteiger charge is -2.09. The number of ether oxygens (including phenoxy) is 1. The van der Waals surface area contributed by atoms with Crippen LogP contribution in [0.5, 0.6) is 5.75 Å². The topological polar surface area (TPSA) is 72.5 Å². The van der Waals surface area contributed by atoms with E-state index in [1.165, 1.54) is 0 Å². The van der Waals surface area contributed by atoms with E-state index in [1.54, 1.807) is 36.4 Å². The average molecular weight is 271 g/mol. The first-order valence-corrected chi connectivity index (χ1v) is 6.37. The van der Waals surface area contributed by atoms with Crippen LogP contribution in [0.25, 0.3) is 0 Å². The minimum absolute atomic E-state index is 0.155. The summed E-state index contributed by atoms with van der Waals surface area (Å²) in [5.41, 5.74) is 7.66. The van der Waals surface area contributed by atoms with Gasteiger partial charge in [0, 0.05) is 6.54 Å². The van der Waals surface area contributed by atoms with Gasteiger partial charge in [0.1, 0.15) is 5.75 Å². The second kappa shape index (κ2) is 6.32. The Morgan fingerprint density at radius 2 is 1.75 bits per heavy atom. The van der Waals surface area contributed by atoms with Crippen molar-refractivity contribution in [2.45, 2.75) is 13.0 Å². The zero-order valence-corrected chi connectivity index (χ0v) is 11.2. The SMILES string of the molecule is Cc1ccc(C(=O)Oc2ccc(C(O)CN)cc2)cc1. The molecular weight excluding hydrogens is 254 g/mol. The van der Waals surface area contributed by atoms with Crippen LogP contribution in [0, 0.1) is 6.92 Å².